The Hall–Kier alpha value is -0.600. The zero-order valence-corrected chi connectivity index (χ0v) is 19.5. The second-order valence-electron chi connectivity index (χ2n) is 6.74. The first kappa shape index (κ1) is 24.1. The van der Waals surface area contributed by atoms with Crippen LogP contribution in [0.4, 0.5) is 0 Å². The minimum absolute atomic E-state index is 0.262. The quantitative estimate of drug-likeness (QED) is 0.440. The van der Waals surface area contributed by atoms with Crippen molar-refractivity contribution in [2.75, 3.05) is 20.8 Å². The molecule has 0 aliphatic carbocycles. The van der Waals surface area contributed by atoms with Crippen molar-refractivity contribution < 1.29 is 23.7 Å². The summed E-state index contributed by atoms with van der Waals surface area (Å²) in [5, 5.41) is 2.21. The molecule has 164 valence electrons. The van der Waals surface area contributed by atoms with Gasteiger partial charge in [0.05, 0.1) is 19.8 Å². The molecule has 0 unspecified atom stereocenters. The van der Waals surface area contributed by atoms with Crippen LogP contribution in [0.3, 0.4) is 0 Å². The van der Waals surface area contributed by atoms with Gasteiger partial charge in [-0.25, -0.2) is 0 Å². The fraction of sp³-hybridized carbons (Fsp3) is 0.429. The number of ether oxygens (including phenoxy) is 5. The van der Waals surface area contributed by atoms with Crippen molar-refractivity contribution in [1.82, 2.24) is 0 Å². The van der Waals surface area contributed by atoms with Crippen molar-refractivity contribution >= 4 is 46.4 Å². The topological polar surface area (TPSA) is 46.2 Å². The van der Waals surface area contributed by atoms with E-state index < -0.39 is 24.6 Å². The average Bonchev–Trinajstić information content (AvgIpc) is 3.05. The summed E-state index contributed by atoms with van der Waals surface area (Å²) < 4.78 is 28.9. The molecule has 0 saturated carbocycles. The van der Waals surface area contributed by atoms with Crippen LogP contribution in [0.5, 0.6) is 0 Å². The summed E-state index contributed by atoms with van der Waals surface area (Å²) in [6.07, 6.45) is -1.83. The van der Waals surface area contributed by atoms with Gasteiger partial charge >= 0.3 is 0 Å². The van der Waals surface area contributed by atoms with Crippen LogP contribution in [0.15, 0.2) is 36.4 Å². The molecule has 2 aromatic rings. The Labute approximate surface area is 196 Å². The highest BCUT2D eigenvalue weighted by Crippen LogP contribution is 2.30. The molecule has 1 fully saturated rings. The van der Waals surface area contributed by atoms with Crippen molar-refractivity contribution in [2.24, 2.45) is 0 Å². The van der Waals surface area contributed by atoms with E-state index in [1.807, 2.05) is 12.1 Å². The van der Waals surface area contributed by atoms with E-state index in [9.17, 15) is 0 Å². The zero-order valence-electron chi connectivity index (χ0n) is 16.4. The molecule has 30 heavy (non-hydrogen) atoms. The molecule has 0 radical (unpaired) electrons. The van der Waals surface area contributed by atoms with E-state index in [1.54, 1.807) is 38.5 Å². The lowest BCUT2D eigenvalue weighted by Gasteiger charge is -2.23. The summed E-state index contributed by atoms with van der Waals surface area (Å²) in [4.78, 5) is 0. The van der Waals surface area contributed by atoms with Gasteiger partial charge < -0.3 is 23.7 Å². The van der Waals surface area contributed by atoms with Gasteiger partial charge in [0.1, 0.15) is 18.3 Å². The van der Waals surface area contributed by atoms with E-state index in [2.05, 4.69) is 0 Å². The number of hydrogen-bond acceptors (Lipinski definition) is 5. The lowest BCUT2D eigenvalue weighted by atomic mass is 10.1. The first-order valence-electron chi connectivity index (χ1n) is 9.21. The molecule has 4 atom stereocenters. The third-order valence-electron chi connectivity index (χ3n) is 4.77. The van der Waals surface area contributed by atoms with Gasteiger partial charge in [-0.05, 0) is 35.4 Å². The van der Waals surface area contributed by atoms with Crippen LogP contribution < -0.4 is 0 Å². The number of hydrogen-bond donors (Lipinski definition) is 0. The van der Waals surface area contributed by atoms with Gasteiger partial charge in [-0.3, -0.25) is 0 Å². The Kier molecular flexibility index (Phi) is 9.07. The van der Waals surface area contributed by atoms with E-state index in [0.29, 0.717) is 26.7 Å². The highest BCUT2D eigenvalue weighted by Gasteiger charge is 2.46. The fourth-order valence-electron chi connectivity index (χ4n) is 3.21. The molecule has 9 heteroatoms. The van der Waals surface area contributed by atoms with E-state index in [-0.39, 0.29) is 13.2 Å². The second kappa shape index (κ2) is 11.3. The molecular weight excluding hydrogens is 474 g/mol. The number of rotatable bonds is 9. The molecule has 0 aromatic heterocycles. The molecule has 0 N–H and O–H groups in total. The van der Waals surface area contributed by atoms with Gasteiger partial charge in [-0.1, -0.05) is 58.5 Å². The highest BCUT2D eigenvalue weighted by atomic mass is 35.5. The first-order chi connectivity index (χ1) is 14.4. The van der Waals surface area contributed by atoms with Crippen LogP contribution in [0.1, 0.15) is 11.1 Å². The summed E-state index contributed by atoms with van der Waals surface area (Å²) in [6.45, 7) is 0.832. The Morgan fingerprint density at radius 2 is 1.40 bits per heavy atom. The maximum Gasteiger partial charge on any atom is 0.186 e. The maximum atomic E-state index is 6.26. The maximum absolute atomic E-state index is 6.26. The molecule has 5 nitrogen and oxygen atoms in total. The minimum atomic E-state index is -0.576. The van der Waals surface area contributed by atoms with Crippen LogP contribution >= 0.6 is 46.4 Å². The second-order valence-corrected chi connectivity index (χ2v) is 8.43. The van der Waals surface area contributed by atoms with Gasteiger partial charge in [0, 0.05) is 34.3 Å². The van der Waals surface area contributed by atoms with E-state index in [4.69, 9.17) is 70.1 Å². The van der Waals surface area contributed by atoms with Crippen LogP contribution in [0, 0.1) is 0 Å². The molecule has 1 saturated heterocycles. The predicted octanol–water partition coefficient (Wildman–Crippen LogP) is 5.79. The van der Waals surface area contributed by atoms with Crippen molar-refractivity contribution in [2.45, 2.75) is 37.8 Å². The van der Waals surface area contributed by atoms with Crippen LogP contribution in [0.25, 0.3) is 0 Å². The van der Waals surface area contributed by atoms with Crippen molar-refractivity contribution in [3.05, 3.63) is 67.6 Å². The molecule has 1 heterocycles. The van der Waals surface area contributed by atoms with Gasteiger partial charge in [-0.2, -0.15) is 0 Å². The normalized spacial score (nSPS) is 23.8. The van der Waals surface area contributed by atoms with Gasteiger partial charge in [-0.15, -0.1) is 0 Å². The molecule has 1 aliphatic rings. The number of benzene rings is 2. The molecule has 2 aromatic carbocycles. The molecule has 1 aliphatic heterocycles. The van der Waals surface area contributed by atoms with Crippen molar-refractivity contribution in [1.29, 1.82) is 0 Å². The lowest BCUT2D eigenvalue weighted by Crippen LogP contribution is -2.38. The standard InChI is InChI=1S/C21H22Cl4O5/c1-26-20-19(29-10-13-4-6-15(23)8-17(13)25)18(30-21(20)27-2)11-28-9-12-3-5-14(22)7-16(12)24/h3-8,18-21H,9-11H2,1-2H3/t18-,19-,20-,21-/m1/s1. The summed E-state index contributed by atoms with van der Waals surface area (Å²) in [6, 6.07) is 10.5. The van der Waals surface area contributed by atoms with Gasteiger partial charge in [0.2, 0.25) is 0 Å². The smallest absolute Gasteiger partial charge is 0.186 e. The van der Waals surface area contributed by atoms with E-state index in [1.165, 1.54) is 0 Å². The van der Waals surface area contributed by atoms with Gasteiger partial charge in [0.15, 0.2) is 6.29 Å². The van der Waals surface area contributed by atoms with Crippen LogP contribution in [-0.4, -0.2) is 45.4 Å². The summed E-state index contributed by atoms with van der Waals surface area (Å²) in [7, 11) is 3.14. The summed E-state index contributed by atoms with van der Waals surface area (Å²) in [5.41, 5.74) is 1.64. The molecule has 0 bridgehead atoms. The molecule has 0 spiro atoms. The summed E-state index contributed by atoms with van der Waals surface area (Å²) >= 11 is 24.4. The van der Waals surface area contributed by atoms with Gasteiger partial charge in [0.25, 0.3) is 0 Å². The third-order valence-corrected chi connectivity index (χ3v) is 5.95. The SMILES string of the molecule is CO[C@@H]1O[C@H](COCc2ccc(Cl)cc2Cl)[C@@H](OCc2ccc(Cl)cc2Cl)[C@H]1OC. The zero-order chi connectivity index (χ0) is 21.7. The van der Waals surface area contributed by atoms with Crippen molar-refractivity contribution in [3.63, 3.8) is 0 Å². The monoisotopic (exact) mass is 494 g/mol. The fourth-order valence-corrected chi connectivity index (χ4v) is 4.14. The molecule has 0 amide bonds. The number of methoxy groups -OCH3 is 2. The molecule has 3 rings (SSSR count). The first-order valence-corrected chi connectivity index (χ1v) is 10.7. The highest BCUT2D eigenvalue weighted by molar-refractivity contribution is 6.35. The van der Waals surface area contributed by atoms with Crippen LogP contribution in [-0.2, 0) is 36.9 Å². The van der Waals surface area contributed by atoms with E-state index in [0.717, 1.165) is 11.1 Å². The van der Waals surface area contributed by atoms with Crippen molar-refractivity contribution in [3.8, 4) is 0 Å². The average molecular weight is 496 g/mol. The summed E-state index contributed by atoms with van der Waals surface area (Å²) in [5.74, 6) is 0. The third kappa shape index (κ3) is 6.00. The Balaban J connectivity index is 1.64. The van der Waals surface area contributed by atoms with E-state index >= 15 is 0 Å². The largest absolute Gasteiger partial charge is 0.374 e. The Bertz CT molecular complexity index is 850. The predicted molar refractivity (Wildman–Crippen MR) is 118 cm³/mol. The Morgan fingerprint density at radius 1 is 0.800 bits per heavy atom. The minimum Gasteiger partial charge on any atom is -0.374 e. The Morgan fingerprint density at radius 3 is 1.93 bits per heavy atom. The van der Waals surface area contributed by atoms with Crippen LogP contribution in [0.2, 0.25) is 20.1 Å². The number of halogens is 4. The lowest BCUT2D eigenvalue weighted by molar-refractivity contribution is -0.162. The molecular formula is C21H22Cl4O5.